The molecule has 6 nitrogen and oxygen atoms in total. The van der Waals surface area contributed by atoms with E-state index in [0.717, 1.165) is 12.2 Å². The van der Waals surface area contributed by atoms with E-state index in [0.29, 0.717) is 11.2 Å². The predicted molar refractivity (Wildman–Crippen MR) is 106 cm³/mol. The number of non-ortho nitro benzene ring substituents is 1. The van der Waals surface area contributed by atoms with E-state index in [2.05, 4.69) is 34.9 Å². The summed E-state index contributed by atoms with van der Waals surface area (Å²) in [4.78, 5) is 11.9. The van der Waals surface area contributed by atoms with Crippen LogP contribution >= 0.6 is 12.2 Å². The van der Waals surface area contributed by atoms with Crippen molar-refractivity contribution in [1.82, 2.24) is 5.32 Å². The molecule has 3 rings (SSSR count). The molecule has 0 amide bonds. The summed E-state index contributed by atoms with van der Waals surface area (Å²) in [5, 5.41) is 17.6. The third-order valence-corrected chi connectivity index (χ3v) is 4.99. The minimum absolute atomic E-state index is 0.0659. The molecule has 26 heavy (non-hydrogen) atoms. The maximum absolute atomic E-state index is 10.7. The van der Waals surface area contributed by atoms with Gasteiger partial charge in [0, 0.05) is 36.2 Å². The fourth-order valence-electron chi connectivity index (χ4n) is 3.40. The van der Waals surface area contributed by atoms with Crippen molar-refractivity contribution in [2.45, 2.75) is 18.9 Å². The van der Waals surface area contributed by atoms with Gasteiger partial charge in [0.05, 0.1) is 24.6 Å². The van der Waals surface area contributed by atoms with Crippen LogP contribution in [0.4, 0.5) is 11.4 Å². The number of anilines is 1. The van der Waals surface area contributed by atoms with E-state index in [-0.39, 0.29) is 5.69 Å². The Hall–Kier alpha value is -2.51. The van der Waals surface area contributed by atoms with Gasteiger partial charge in [-0.1, -0.05) is 30.3 Å². The van der Waals surface area contributed by atoms with Gasteiger partial charge >= 0.3 is 0 Å². The highest BCUT2D eigenvalue weighted by atomic mass is 32.1. The fourth-order valence-corrected chi connectivity index (χ4v) is 3.60. The number of benzene rings is 2. The molecular formula is C19H23N4O2S+. The monoisotopic (exact) mass is 371 g/mol. The molecule has 0 spiro atoms. The Morgan fingerprint density at radius 2 is 1.77 bits per heavy atom. The van der Waals surface area contributed by atoms with Crippen LogP contribution in [-0.4, -0.2) is 29.7 Å². The van der Waals surface area contributed by atoms with Gasteiger partial charge in [-0.05, 0) is 24.4 Å². The number of thiocarbonyl (C=S) groups is 1. The van der Waals surface area contributed by atoms with Gasteiger partial charge < -0.3 is 15.5 Å². The van der Waals surface area contributed by atoms with Gasteiger partial charge in [0.1, 0.15) is 6.04 Å². The van der Waals surface area contributed by atoms with Gasteiger partial charge in [0.2, 0.25) is 0 Å². The number of nitrogens with zero attached hydrogens (tertiary/aromatic N) is 1. The highest BCUT2D eigenvalue weighted by Gasteiger charge is 2.27. The lowest BCUT2D eigenvalue weighted by molar-refractivity contribution is -0.918. The second-order valence-corrected chi connectivity index (χ2v) is 6.88. The van der Waals surface area contributed by atoms with E-state index in [9.17, 15) is 10.1 Å². The first-order valence-corrected chi connectivity index (χ1v) is 9.23. The summed E-state index contributed by atoms with van der Waals surface area (Å²) >= 11 is 5.40. The molecule has 0 radical (unpaired) electrons. The van der Waals surface area contributed by atoms with Crippen molar-refractivity contribution >= 4 is 28.7 Å². The van der Waals surface area contributed by atoms with E-state index < -0.39 is 4.92 Å². The number of likely N-dealkylation sites (tertiary alicyclic amines) is 1. The number of rotatable bonds is 6. The summed E-state index contributed by atoms with van der Waals surface area (Å²) in [5.74, 6) is 0. The van der Waals surface area contributed by atoms with Crippen LogP contribution in [0.5, 0.6) is 0 Å². The largest absolute Gasteiger partial charge is 0.356 e. The van der Waals surface area contributed by atoms with Crippen molar-refractivity contribution < 1.29 is 9.82 Å². The van der Waals surface area contributed by atoms with Gasteiger partial charge in [-0.25, -0.2) is 0 Å². The molecule has 1 atom stereocenters. The second kappa shape index (κ2) is 8.73. The van der Waals surface area contributed by atoms with Crippen molar-refractivity contribution in [3.05, 3.63) is 70.3 Å². The molecule has 2 aromatic carbocycles. The van der Waals surface area contributed by atoms with E-state index in [1.54, 1.807) is 17.0 Å². The average Bonchev–Trinajstić information content (AvgIpc) is 3.17. The first kappa shape index (κ1) is 18.3. The van der Waals surface area contributed by atoms with E-state index >= 15 is 0 Å². The molecule has 1 saturated heterocycles. The van der Waals surface area contributed by atoms with Gasteiger partial charge in [-0.3, -0.25) is 10.1 Å². The Bertz CT molecular complexity index is 746. The Balaban J connectivity index is 1.59. The lowest BCUT2D eigenvalue weighted by Crippen LogP contribution is -3.11. The van der Waals surface area contributed by atoms with Crippen LogP contribution in [-0.2, 0) is 0 Å². The minimum Gasteiger partial charge on any atom is -0.356 e. The lowest BCUT2D eigenvalue weighted by Gasteiger charge is -2.26. The highest BCUT2D eigenvalue weighted by Crippen LogP contribution is 2.15. The zero-order valence-corrected chi connectivity index (χ0v) is 15.3. The Kier molecular flexibility index (Phi) is 6.14. The fraction of sp³-hybridized carbons (Fsp3) is 0.316. The Morgan fingerprint density at radius 1 is 1.12 bits per heavy atom. The molecule has 7 heteroatoms. The first-order chi connectivity index (χ1) is 12.6. The summed E-state index contributed by atoms with van der Waals surface area (Å²) in [5.41, 5.74) is 2.11. The molecule has 1 aliphatic rings. The number of hydrogen-bond donors (Lipinski definition) is 3. The van der Waals surface area contributed by atoms with Crippen LogP contribution in [0.3, 0.4) is 0 Å². The maximum atomic E-state index is 10.7. The third kappa shape index (κ3) is 4.77. The zero-order valence-electron chi connectivity index (χ0n) is 14.5. The van der Waals surface area contributed by atoms with Gasteiger partial charge in [-0.15, -0.1) is 0 Å². The van der Waals surface area contributed by atoms with Crippen LogP contribution in [0.1, 0.15) is 24.4 Å². The van der Waals surface area contributed by atoms with Gasteiger partial charge in [0.15, 0.2) is 5.11 Å². The van der Waals surface area contributed by atoms with Crippen molar-refractivity contribution in [3.8, 4) is 0 Å². The summed E-state index contributed by atoms with van der Waals surface area (Å²) in [7, 11) is 0. The molecule has 0 aliphatic carbocycles. The smallest absolute Gasteiger partial charge is 0.269 e. The molecule has 0 aromatic heterocycles. The SMILES string of the molecule is O=[N+]([O-])c1ccc(NC(=S)NC[C@@H](c2ccccc2)[NH+]2CCCC2)cc1. The van der Waals surface area contributed by atoms with E-state index in [1.165, 1.54) is 43.6 Å². The molecule has 0 bridgehead atoms. The standard InChI is InChI=1S/C19H22N4O2S/c24-23(25)17-10-8-16(9-11-17)21-19(26)20-14-18(22-12-4-5-13-22)15-6-2-1-3-7-15/h1-3,6-11,18H,4-5,12-14H2,(H2,20,21,26)/p+1/t18-/m0/s1. The molecule has 1 heterocycles. The Morgan fingerprint density at radius 3 is 2.38 bits per heavy atom. The summed E-state index contributed by atoms with van der Waals surface area (Å²) < 4.78 is 0. The molecule has 1 fully saturated rings. The normalized spacial score (nSPS) is 15.4. The van der Waals surface area contributed by atoms with Gasteiger partial charge in [-0.2, -0.15) is 0 Å². The van der Waals surface area contributed by atoms with Gasteiger partial charge in [0.25, 0.3) is 5.69 Å². The minimum atomic E-state index is -0.413. The number of nitro groups is 1. The molecule has 136 valence electrons. The quantitative estimate of drug-likeness (QED) is 0.413. The van der Waals surface area contributed by atoms with E-state index in [1.807, 2.05) is 6.07 Å². The van der Waals surface area contributed by atoms with Crippen molar-refractivity contribution in [2.75, 3.05) is 25.0 Å². The highest BCUT2D eigenvalue weighted by molar-refractivity contribution is 7.80. The van der Waals surface area contributed by atoms with Crippen LogP contribution in [0, 0.1) is 10.1 Å². The van der Waals surface area contributed by atoms with Crippen molar-refractivity contribution in [1.29, 1.82) is 0 Å². The lowest BCUT2D eigenvalue weighted by atomic mass is 10.1. The molecule has 2 aromatic rings. The average molecular weight is 371 g/mol. The zero-order chi connectivity index (χ0) is 18.4. The van der Waals surface area contributed by atoms with E-state index in [4.69, 9.17) is 12.2 Å². The number of nitro benzene ring substituents is 1. The maximum Gasteiger partial charge on any atom is 0.269 e. The Labute approximate surface area is 158 Å². The van der Waals surface area contributed by atoms with Crippen LogP contribution in [0.15, 0.2) is 54.6 Å². The first-order valence-electron chi connectivity index (χ1n) is 8.82. The molecular weight excluding hydrogens is 348 g/mol. The van der Waals surface area contributed by atoms with Crippen LogP contribution in [0.2, 0.25) is 0 Å². The van der Waals surface area contributed by atoms with Crippen LogP contribution < -0.4 is 15.5 Å². The van der Waals surface area contributed by atoms with Crippen molar-refractivity contribution in [3.63, 3.8) is 0 Å². The summed E-state index contributed by atoms with van der Waals surface area (Å²) in [6, 6.07) is 17.1. The summed E-state index contributed by atoms with van der Waals surface area (Å²) in [6.07, 6.45) is 2.54. The summed E-state index contributed by atoms with van der Waals surface area (Å²) in [6.45, 7) is 3.12. The molecule has 0 unspecified atom stereocenters. The van der Waals surface area contributed by atoms with Crippen LogP contribution in [0.25, 0.3) is 0 Å². The number of hydrogen-bond acceptors (Lipinski definition) is 3. The number of quaternary nitrogens is 1. The predicted octanol–water partition coefficient (Wildman–Crippen LogP) is 2.30. The molecule has 0 saturated carbocycles. The number of nitrogens with one attached hydrogen (secondary N) is 3. The second-order valence-electron chi connectivity index (χ2n) is 6.47. The molecule has 3 N–H and O–H groups in total. The third-order valence-electron chi connectivity index (χ3n) is 4.74. The molecule has 1 aliphatic heterocycles. The topological polar surface area (TPSA) is 71.6 Å². The van der Waals surface area contributed by atoms with Crippen molar-refractivity contribution in [2.24, 2.45) is 0 Å².